The molecule has 0 bridgehead atoms. The van der Waals surface area contributed by atoms with Crippen LogP contribution in [0.1, 0.15) is 32.1 Å². The van der Waals surface area contributed by atoms with Crippen LogP contribution in [0, 0.1) is 5.92 Å². The molecule has 1 fully saturated rings. The Balaban J connectivity index is 1.81. The molecule has 1 aromatic heterocycles. The van der Waals surface area contributed by atoms with E-state index in [4.69, 9.17) is 16.3 Å². The molecule has 0 atom stereocenters. The van der Waals surface area contributed by atoms with E-state index in [0.29, 0.717) is 17.0 Å². The Bertz CT molecular complexity index is 313. The molecule has 0 aliphatic heterocycles. The summed E-state index contributed by atoms with van der Waals surface area (Å²) in [6.45, 7) is 0.745. The fourth-order valence-electron chi connectivity index (χ4n) is 1.95. The van der Waals surface area contributed by atoms with Gasteiger partial charge in [-0.3, -0.25) is 4.98 Å². The lowest BCUT2D eigenvalue weighted by molar-refractivity contribution is 0.202. The second-order valence-corrected chi connectivity index (χ2v) is 4.38. The fraction of sp³-hybridized carbons (Fsp3) is 0.636. The number of hydrogen-bond acceptors (Lipinski definition) is 3. The Hall–Kier alpha value is -0.830. The monoisotopic (exact) mass is 226 g/mol. The minimum absolute atomic E-state index is 0.385. The quantitative estimate of drug-likeness (QED) is 0.795. The summed E-state index contributed by atoms with van der Waals surface area (Å²) < 4.78 is 5.57. The highest BCUT2D eigenvalue weighted by atomic mass is 35.5. The molecular weight excluding hydrogens is 212 g/mol. The minimum Gasteiger partial charge on any atom is -0.476 e. The van der Waals surface area contributed by atoms with Crippen LogP contribution in [-0.4, -0.2) is 16.6 Å². The molecule has 0 amide bonds. The molecule has 82 valence electrons. The van der Waals surface area contributed by atoms with E-state index in [-0.39, 0.29) is 0 Å². The summed E-state index contributed by atoms with van der Waals surface area (Å²) in [6.07, 6.45) is 9.68. The number of ether oxygens (including phenoxy) is 1. The Labute approximate surface area is 94.8 Å². The van der Waals surface area contributed by atoms with E-state index < -0.39 is 0 Å². The van der Waals surface area contributed by atoms with Gasteiger partial charge in [0.05, 0.1) is 19.0 Å². The molecule has 0 saturated heterocycles. The lowest BCUT2D eigenvalue weighted by Crippen LogP contribution is -2.15. The first-order valence-corrected chi connectivity index (χ1v) is 5.83. The standard InChI is InChI=1S/C11H15ClN2O/c12-10-6-13-7-11(14-10)15-8-9-4-2-1-3-5-9/h6-7,9H,1-5,8H2. The van der Waals surface area contributed by atoms with Gasteiger partial charge in [-0.05, 0) is 18.8 Å². The van der Waals surface area contributed by atoms with E-state index in [1.807, 2.05) is 0 Å². The third kappa shape index (κ3) is 3.34. The number of nitrogens with zero attached hydrogens (tertiary/aromatic N) is 2. The number of aromatic nitrogens is 2. The molecule has 0 spiro atoms. The smallest absolute Gasteiger partial charge is 0.233 e. The van der Waals surface area contributed by atoms with Gasteiger partial charge in [0.15, 0.2) is 5.15 Å². The van der Waals surface area contributed by atoms with Gasteiger partial charge in [-0.1, -0.05) is 30.9 Å². The van der Waals surface area contributed by atoms with Gasteiger partial charge in [0.25, 0.3) is 0 Å². The van der Waals surface area contributed by atoms with Gasteiger partial charge in [0, 0.05) is 0 Å². The maximum absolute atomic E-state index is 5.71. The fourth-order valence-corrected chi connectivity index (χ4v) is 2.09. The van der Waals surface area contributed by atoms with Gasteiger partial charge in [0.2, 0.25) is 5.88 Å². The molecule has 1 aliphatic carbocycles. The Kier molecular flexibility index (Phi) is 3.78. The molecule has 15 heavy (non-hydrogen) atoms. The van der Waals surface area contributed by atoms with Crippen LogP contribution in [0.2, 0.25) is 5.15 Å². The van der Waals surface area contributed by atoms with Crippen molar-refractivity contribution < 1.29 is 4.74 Å². The van der Waals surface area contributed by atoms with Crippen LogP contribution in [-0.2, 0) is 0 Å². The largest absolute Gasteiger partial charge is 0.476 e. The van der Waals surface area contributed by atoms with E-state index in [1.54, 1.807) is 6.20 Å². The molecular formula is C11H15ClN2O. The maximum Gasteiger partial charge on any atom is 0.233 e. The van der Waals surface area contributed by atoms with Gasteiger partial charge < -0.3 is 4.74 Å². The average molecular weight is 227 g/mol. The van der Waals surface area contributed by atoms with E-state index in [1.165, 1.54) is 38.3 Å². The lowest BCUT2D eigenvalue weighted by Gasteiger charge is -2.21. The van der Waals surface area contributed by atoms with Crippen molar-refractivity contribution in [3.05, 3.63) is 17.5 Å². The molecule has 0 radical (unpaired) electrons. The molecule has 1 saturated carbocycles. The van der Waals surface area contributed by atoms with Crippen LogP contribution in [0.3, 0.4) is 0 Å². The van der Waals surface area contributed by atoms with Gasteiger partial charge in [-0.2, -0.15) is 4.98 Å². The predicted molar refractivity (Wildman–Crippen MR) is 59.1 cm³/mol. The van der Waals surface area contributed by atoms with Crippen LogP contribution in [0.5, 0.6) is 5.88 Å². The van der Waals surface area contributed by atoms with E-state index in [9.17, 15) is 0 Å². The highest BCUT2D eigenvalue weighted by Gasteiger charge is 2.14. The summed E-state index contributed by atoms with van der Waals surface area (Å²) >= 11 is 5.71. The maximum atomic E-state index is 5.71. The Morgan fingerprint density at radius 1 is 1.27 bits per heavy atom. The highest BCUT2D eigenvalue weighted by molar-refractivity contribution is 6.29. The van der Waals surface area contributed by atoms with Gasteiger partial charge in [-0.25, -0.2) is 0 Å². The second kappa shape index (κ2) is 5.31. The summed E-state index contributed by atoms with van der Waals surface area (Å²) in [6, 6.07) is 0. The Morgan fingerprint density at radius 3 is 2.80 bits per heavy atom. The van der Waals surface area contributed by atoms with Crippen LogP contribution in [0.25, 0.3) is 0 Å². The van der Waals surface area contributed by atoms with Gasteiger partial charge in [-0.15, -0.1) is 0 Å². The van der Waals surface area contributed by atoms with Crippen LogP contribution in [0.4, 0.5) is 0 Å². The number of rotatable bonds is 3. The second-order valence-electron chi connectivity index (χ2n) is 4.00. The summed E-state index contributed by atoms with van der Waals surface area (Å²) in [5.41, 5.74) is 0. The first-order valence-electron chi connectivity index (χ1n) is 5.45. The summed E-state index contributed by atoms with van der Waals surface area (Å²) in [4.78, 5) is 7.97. The van der Waals surface area contributed by atoms with Crippen molar-refractivity contribution in [1.82, 2.24) is 9.97 Å². The average Bonchev–Trinajstić information content (AvgIpc) is 2.28. The highest BCUT2D eigenvalue weighted by Crippen LogP contribution is 2.24. The zero-order chi connectivity index (χ0) is 10.5. The van der Waals surface area contributed by atoms with Crippen molar-refractivity contribution in [3.63, 3.8) is 0 Å². The predicted octanol–water partition coefficient (Wildman–Crippen LogP) is 3.09. The number of hydrogen-bond donors (Lipinski definition) is 0. The molecule has 3 nitrogen and oxygen atoms in total. The van der Waals surface area contributed by atoms with Crippen molar-refractivity contribution in [3.8, 4) is 5.88 Å². The molecule has 0 aromatic carbocycles. The van der Waals surface area contributed by atoms with Gasteiger partial charge in [0.1, 0.15) is 0 Å². The first-order chi connectivity index (χ1) is 7.34. The molecule has 4 heteroatoms. The van der Waals surface area contributed by atoms with E-state index in [2.05, 4.69) is 9.97 Å². The molecule has 0 N–H and O–H groups in total. The molecule has 1 aromatic rings. The van der Waals surface area contributed by atoms with Crippen molar-refractivity contribution >= 4 is 11.6 Å². The van der Waals surface area contributed by atoms with Crippen molar-refractivity contribution in [2.75, 3.05) is 6.61 Å². The third-order valence-electron chi connectivity index (χ3n) is 2.77. The van der Waals surface area contributed by atoms with Crippen molar-refractivity contribution in [2.24, 2.45) is 5.92 Å². The normalized spacial score (nSPS) is 17.7. The number of halogens is 1. The van der Waals surface area contributed by atoms with Crippen LogP contribution < -0.4 is 4.74 Å². The van der Waals surface area contributed by atoms with Crippen LogP contribution in [0.15, 0.2) is 12.4 Å². The van der Waals surface area contributed by atoms with Gasteiger partial charge >= 0.3 is 0 Å². The van der Waals surface area contributed by atoms with Crippen molar-refractivity contribution in [2.45, 2.75) is 32.1 Å². The topological polar surface area (TPSA) is 35.0 Å². The zero-order valence-electron chi connectivity index (χ0n) is 8.66. The summed E-state index contributed by atoms with van der Waals surface area (Å²) in [7, 11) is 0. The molecule has 0 unspecified atom stereocenters. The summed E-state index contributed by atoms with van der Waals surface area (Å²) in [5.74, 6) is 1.22. The third-order valence-corrected chi connectivity index (χ3v) is 2.96. The van der Waals surface area contributed by atoms with Crippen molar-refractivity contribution in [1.29, 1.82) is 0 Å². The molecule has 2 rings (SSSR count). The Morgan fingerprint density at radius 2 is 2.07 bits per heavy atom. The first kappa shape index (κ1) is 10.7. The molecule has 1 heterocycles. The minimum atomic E-state index is 0.385. The van der Waals surface area contributed by atoms with Crippen LogP contribution >= 0.6 is 11.6 Å². The van der Waals surface area contributed by atoms with E-state index >= 15 is 0 Å². The lowest BCUT2D eigenvalue weighted by atomic mass is 9.90. The molecule has 1 aliphatic rings. The zero-order valence-corrected chi connectivity index (χ0v) is 9.41. The summed E-state index contributed by atoms with van der Waals surface area (Å²) in [5, 5.41) is 0.385. The van der Waals surface area contributed by atoms with E-state index in [0.717, 1.165) is 6.61 Å². The SMILES string of the molecule is Clc1cncc(OCC2CCCCC2)n1.